The maximum absolute atomic E-state index is 5.79. The smallest absolute Gasteiger partial charge is 0.187 e. The molecule has 0 bridgehead atoms. The zero-order chi connectivity index (χ0) is 21.5. The van der Waals surface area contributed by atoms with Crippen LogP contribution in [0, 0.1) is 0 Å². The molecule has 6 aromatic rings. The molecule has 0 aliphatic carbocycles. The van der Waals surface area contributed by atoms with Gasteiger partial charge in [0.25, 0.3) is 0 Å². The molecule has 2 N–H and O–H groups in total. The van der Waals surface area contributed by atoms with Crippen molar-refractivity contribution in [2.75, 3.05) is 0 Å². The molecule has 0 saturated carbocycles. The van der Waals surface area contributed by atoms with E-state index in [4.69, 9.17) is 10.7 Å². The Kier molecular flexibility index (Phi) is 4.49. The third-order valence-corrected chi connectivity index (χ3v) is 6.17. The number of aromatic nitrogens is 5. The first-order valence-corrected chi connectivity index (χ1v) is 11.2. The summed E-state index contributed by atoms with van der Waals surface area (Å²) in [6, 6.07) is 22.7. The summed E-state index contributed by atoms with van der Waals surface area (Å²) in [5.41, 5.74) is 15.2. The van der Waals surface area contributed by atoms with Crippen LogP contribution in [0.1, 0.15) is 5.56 Å². The molecule has 154 valence electrons. The fourth-order valence-electron chi connectivity index (χ4n) is 3.95. The maximum Gasteiger partial charge on any atom is 0.187 e. The van der Waals surface area contributed by atoms with Gasteiger partial charge in [0.15, 0.2) is 11.5 Å². The fourth-order valence-corrected chi connectivity index (χ4v) is 4.48. The third-order valence-electron chi connectivity index (χ3n) is 5.58. The molecule has 0 radical (unpaired) electrons. The monoisotopic (exact) mass is 434 g/mol. The Morgan fingerprint density at radius 1 is 0.906 bits per heavy atom. The summed E-state index contributed by atoms with van der Waals surface area (Å²) in [6.45, 7) is 0.517. The van der Waals surface area contributed by atoms with Crippen molar-refractivity contribution >= 4 is 27.9 Å². The number of thiazole rings is 1. The minimum absolute atomic E-state index is 0.517. The van der Waals surface area contributed by atoms with Crippen LogP contribution >= 0.6 is 11.3 Å². The van der Waals surface area contributed by atoms with Gasteiger partial charge in [0.05, 0.1) is 16.7 Å². The van der Waals surface area contributed by atoms with E-state index in [2.05, 4.69) is 57.6 Å². The minimum Gasteiger partial charge on any atom is -0.326 e. The topological polar surface area (TPSA) is 82.0 Å². The lowest BCUT2D eigenvalue weighted by Gasteiger charge is -2.12. The summed E-state index contributed by atoms with van der Waals surface area (Å²) < 4.78 is 1.98. The van der Waals surface area contributed by atoms with E-state index in [-0.39, 0.29) is 0 Å². The van der Waals surface area contributed by atoms with Gasteiger partial charge in [-0.3, -0.25) is 4.40 Å². The second-order valence-corrected chi connectivity index (χ2v) is 8.21. The van der Waals surface area contributed by atoms with Crippen LogP contribution in [0.5, 0.6) is 0 Å². The molecule has 2 aromatic carbocycles. The van der Waals surface area contributed by atoms with Crippen LogP contribution in [0.4, 0.5) is 0 Å². The molecule has 0 fully saturated rings. The summed E-state index contributed by atoms with van der Waals surface area (Å²) in [5, 5.41) is 11.8. The lowest BCUT2D eigenvalue weighted by atomic mass is 9.97. The second-order valence-electron chi connectivity index (χ2n) is 7.49. The summed E-state index contributed by atoms with van der Waals surface area (Å²) in [4.78, 5) is 9.47. The lowest BCUT2D eigenvalue weighted by Crippen LogP contribution is -1.97. The fraction of sp³-hybridized carbons (Fsp3) is 0.0400. The van der Waals surface area contributed by atoms with Gasteiger partial charge in [-0.2, -0.15) is 0 Å². The first-order valence-electron chi connectivity index (χ1n) is 10.2. The van der Waals surface area contributed by atoms with Crippen LogP contribution in [-0.4, -0.2) is 24.6 Å². The molecule has 6 nitrogen and oxygen atoms in total. The van der Waals surface area contributed by atoms with E-state index in [1.807, 2.05) is 40.2 Å². The zero-order valence-electron chi connectivity index (χ0n) is 17.0. The number of benzene rings is 2. The van der Waals surface area contributed by atoms with Crippen molar-refractivity contribution in [3.63, 3.8) is 0 Å². The number of hydrogen-bond donors (Lipinski definition) is 1. The quantitative estimate of drug-likeness (QED) is 0.413. The van der Waals surface area contributed by atoms with Crippen LogP contribution in [-0.2, 0) is 6.54 Å². The third kappa shape index (κ3) is 3.07. The summed E-state index contributed by atoms with van der Waals surface area (Å²) in [7, 11) is 0. The largest absolute Gasteiger partial charge is 0.326 e. The molecule has 4 aromatic heterocycles. The molecule has 0 spiro atoms. The molecule has 0 atom stereocenters. The molecular weight excluding hydrogens is 416 g/mol. The first kappa shape index (κ1) is 18.8. The zero-order valence-corrected chi connectivity index (χ0v) is 17.8. The minimum atomic E-state index is 0.517. The summed E-state index contributed by atoms with van der Waals surface area (Å²) in [5.74, 6) is 0.728. The van der Waals surface area contributed by atoms with Crippen LogP contribution in [0.15, 0.2) is 83.8 Å². The van der Waals surface area contributed by atoms with Crippen molar-refractivity contribution in [2.45, 2.75) is 6.54 Å². The molecule has 4 heterocycles. The van der Waals surface area contributed by atoms with Gasteiger partial charge in [-0.05, 0) is 23.3 Å². The Hall–Kier alpha value is -3.94. The van der Waals surface area contributed by atoms with E-state index in [0.29, 0.717) is 6.54 Å². The number of rotatable bonds is 4. The van der Waals surface area contributed by atoms with Gasteiger partial charge in [-0.15, -0.1) is 21.5 Å². The number of hydrogen-bond acceptors (Lipinski definition) is 6. The van der Waals surface area contributed by atoms with E-state index < -0.39 is 0 Å². The normalized spacial score (nSPS) is 11.4. The Bertz CT molecular complexity index is 1540. The molecule has 7 heteroatoms. The van der Waals surface area contributed by atoms with Crippen LogP contribution in [0.2, 0.25) is 0 Å². The van der Waals surface area contributed by atoms with Crippen molar-refractivity contribution in [1.82, 2.24) is 24.6 Å². The average molecular weight is 435 g/mol. The SMILES string of the molecule is NCc1ccc(-c2nc3ccn4c(-c5cscn5)nnc4c3cc2-c2ccccc2)cc1. The molecule has 6 rings (SSSR count). The van der Waals surface area contributed by atoms with Crippen LogP contribution in [0.3, 0.4) is 0 Å². The van der Waals surface area contributed by atoms with Crippen LogP contribution in [0.25, 0.3) is 50.5 Å². The molecule has 0 aliphatic rings. The van der Waals surface area contributed by atoms with E-state index in [9.17, 15) is 0 Å². The van der Waals surface area contributed by atoms with E-state index in [1.54, 1.807) is 5.51 Å². The number of pyridine rings is 2. The van der Waals surface area contributed by atoms with Gasteiger partial charge in [-0.1, -0.05) is 54.6 Å². The highest BCUT2D eigenvalue weighted by Gasteiger charge is 2.16. The van der Waals surface area contributed by atoms with Gasteiger partial charge in [-0.25, -0.2) is 9.97 Å². The summed E-state index contributed by atoms with van der Waals surface area (Å²) in [6.07, 6.45) is 1.96. The first-order chi connectivity index (χ1) is 15.8. The number of nitrogens with two attached hydrogens (primary N) is 1. The van der Waals surface area contributed by atoms with Crippen molar-refractivity contribution < 1.29 is 0 Å². The van der Waals surface area contributed by atoms with E-state index >= 15 is 0 Å². The molecular formula is C25H18N6S. The number of nitrogens with zero attached hydrogens (tertiary/aromatic N) is 5. The summed E-state index contributed by atoms with van der Waals surface area (Å²) >= 11 is 1.54. The van der Waals surface area contributed by atoms with Crippen molar-refractivity contribution in [3.8, 4) is 33.9 Å². The van der Waals surface area contributed by atoms with Crippen molar-refractivity contribution in [1.29, 1.82) is 0 Å². The standard InChI is InChI=1S/C25H18N6S/c26-13-16-6-8-18(9-7-16)23-19(17-4-2-1-3-5-17)12-20-21(28-23)10-11-31-24(20)29-30-25(31)22-14-32-15-27-22/h1-12,14-15H,13,26H2. The molecule has 32 heavy (non-hydrogen) atoms. The number of fused-ring (bicyclic) bond motifs is 3. The van der Waals surface area contributed by atoms with Gasteiger partial charge >= 0.3 is 0 Å². The second kappa shape index (κ2) is 7.64. The van der Waals surface area contributed by atoms with Gasteiger partial charge in [0, 0.05) is 34.6 Å². The highest BCUT2D eigenvalue weighted by molar-refractivity contribution is 7.07. The van der Waals surface area contributed by atoms with Gasteiger partial charge in [0.2, 0.25) is 0 Å². The molecule has 0 amide bonds. The Labute approximate surface area is 188 Å². The van der Waals surface area contributed by atoms with E-state index in [1.165, 1.54) is 11.3 Å². The van der Waals surface area contributed by atoms with Crippen molar-refractivity contribution in [2.24, 2.45) is 5.73 Å². The Morgan fingerprint density at radius 2 is 1.75 bits per heavy atom. The maximum atomic E-state index is 5.79. The van der Waals surface area contributed by atoms with E-state index in [0.717, 1.165) is 56.0 Å². The van der Waals surface area contributed by atoms with Crippen molar-refractivity contribution in [3.05, 3.63) is 89.4 Å². The molecule has 0 unspecified atom stereocenters. The predicted molar refractivity (Wildman–Crippen MR) is 128 cm³/mol. The molecule has 0 aliphatic heterocycles. The average Bonchev–Trinajstić information content (AvgIpc) is 3.54. The molecule has 0 saturated heterocycles. The lowest BCUT2D eigenvalue weighted by molar-refractivity contribution is 1.07. The van der Waals surface area contributed by atoms with Gasteiger partial charge < -0.3 is 5.73 Å². The van der Waals surface area contributed by atoms with Crippen LogP contribution < -0.4 is 5.73 Å². The van der Waals surface area contributed by atoms with Gasteiger partial charge in [0.1, 0.15) is 5.69 Å². The highest BCUT2D eigenvalue weighted by atomic mass is 32.1. The predicted octanol–water partition coefficient (Wildman–Crippen LogP) is 5.19. The highest BCUT2D eigenvalue weighted by Crippen LogP contribution is 2.35. The Morgan fingerprint density at radius 3 is 2.50 bits per heavy atom. The Balaban J connectivity index is 1.63.